The van der Waals surface area contributed by atoms with Crippen LogP contribution in [-0.4, -0.2) is 24.5 Å². The van der Waals surface area contributed by atoms with Crippen LogP contribution in [0.15, 0.2) is 29.0 Å². The second-order valence-electron chi connectivity index (χ2n) is 2.59. The molecule has 1 aliphatic carbocycles. The highest BCUT2D eigenvalue weighted by Crippen LogP contribution is 2.09. The van der Waals surface area contributed by atoms with Crippen LogP contribution in [0.25, 0.3) is 0 Å². The van der Waals surface area contributed by atoms with Gasteiger partial charge in [0.1, 0.15) is 6.21 Å². The van der Waals surface area contributed by atoms with E-state index in [1.807, 2.05) is 0 Å². The number of hydrogen-bond acceptors (Lipinski definition) is 4. The summed E-state index contributed by atoms with van der Waals surface area (Å²) >= 11 is 0. The number of oxime groups is 1. The van der Waals surface area contributed by atoms with E-state index in [9.17, 15) is 13.6 Å². The number of rotatable bonds is 3. The van der Waals surface area contributed by atoms with E-state index < -0.39 is 18.3 Å². The number of alkyl halides is 2. The van der Waals surface area contributed by atoms with Crippen LogP contribution in [0.1, 0.15) is 0 Å². The van der Waals surface area contributed by atoms with E-state index in [0.29, 0.717) is 0 Å². The van der Waals surface area contributed by atoms with Crippen LogP contribution in [0, 0.1) is 11.3 Å². The van der Waals surface area contributed by atoms with Crippen molar-refractivity contribution in [1.29, 1.82) is 5.26 Å². The Bertz CT molecular complexity index is 380. The van der Waals surface area contributed by atoms with Crippen molar-refractivity contribution in [2.75, 3.05) is 0 Å². The van der Waals surface area contributed by atoms with E-state index in [0.717, 1.165) is 6.08 Å². The average Bonchev–Trinajstić information content (AvgIpc) is 2.20. The Hall–Kier alpha value is -2.03. The van der Waals surface area contributed by atoms with Crippen LogP contribution < -0.4 is 0 Å². The number of allylic oxidation sites excluding steroid dienone is 2. The van der Waals surface area contributed by atoms with E-state index in [-0.39, 0.29) is 11.8 Å². The molecule has 0 N–H and O–H groups in total. The van der Waals surface area contributed by atoms with Gasteiger partial charge in [0.2, 0.25) is 11.9 Å². The van der Waals surface area contributed by atoms with Gasteiger partial charge < -0.3 is 4.84 Å². The fourth-order valence-electron chi connectivity index (χ4n) is 0.873. The molecule has 0 amide bonds. The highest BCUT2D eigenvalue weighted by Gasteiger charge is 2.19. The predicted octanol–water partition coefficient (Wildman–Crippen LogP) is 1.21. The topological polar surface area (TPSA) is 62.5 Å². The van der Waals surface area contributed by atoms with Crippen molar-refractivity contribution < 1.29 is 18.4 Å². The number of nitriles is 1. The van der Waals surface area contributed by atoms with E-state index >= 15 is 0 Å². The summed E-state index contributed by atoms with van der Waals surface area (Å²) in [7, 11) is 0. The van der Waals surface area contributed by atoms with E-state index in [1.165, 1.54) is 12.2 Å². The third kappa shape index (κ3) is 3.31. The van der Waals surface area contributed by atoms with Gasteiger partial charge in [-0.25, -0.2) is 8.78 Å². The standard InChI is InChI=1S/C9H6F2N2O2/c10-9(11)5-13-15-8-2-1-6(4-12)3-7(8)14/h1-3,5,8-9H. The third-order valence-electron chi connectivity index (χ3n) is 1.51. The summed E-state index contributed by atoms with van der Waals surface area (Å²) in [5.74, 6) is -0.500. The van der Waals surface area contributed by atoms with Crippen LogP contribution in [-0.2, 0) is 9.63 Å². The first kappa shape index (κ1) is 11.0. The zero-order valence-corrected chi connectivity index (χ0v) is 7.43. The summed E-state index contributed by atoms with van der Waals surface area (Å²) in [4.78, 5) is 15.7. The van der Waals surface area contributed by atoms with Crippen LogP contribution in [0.2, 0.25) is 0 Å². The van der Waals surface area contributed by atoms with E-state index in [1.54, 1.807) is 6.07 Å². The van der Waals surface area contributed by atoms with Gasteiger partial charge in [-0.3, -0.25) is 4.79 Å². The summed E-state index contributed by atoms with van der Waals surface area (Å²) in [5.41, 5.74) is 0.192. The second kappa shape index (κ2) is 5.00. The molecule has 0 bridgehead atoms. The van der Waals surface area contributed by atoms with Gasteiger partial charge in [-0.15, -0.1) is 0 Å². The minimum atomic E-state index is -2.72. The number of nitrogens with zero attached hydrogens (tertiary/aromatic N) is 2. The molecule has 0 spiro atoms. The average molecular weight is 212 g/mol. The Morgan fingerprint density at radius 3 is 2.93 bits per heavy atom. The first-order valence-corrected chi connectivity index (χ1v) is 3.95. The first-order valence-electron chi connectivity index (χ1n) is 3.95. The molecule has 1 rings (SSSR count). The van der Waals surface area contributed by atoms with E-state index in [4.69, 9.17) is 5.26 Å². The van der Waals surface area contributed by atoms with Gasteiger partial charge in [0, 0.05) is 6.08 Å². The van der Waals surface area contributed by atoms with Gasteiger partial charge in [0.15, 0.2) is 0 Å². The van der Waals surface area contributed by atoms with Crippen molar-refractivity contribution in [3.05, 3.63) is 23.8 Å². The molecular weight excluding hydrogens is 206 g/mol. The van der Waals surface area contributed by atoms with Crippen molar-refractivity contribution >= 4 is 12.0 Å². The molecule has 15 heavy (non-hydrogen) atoms. The fourth-order valence-corrected chi connectivity index (χ4v) is 0.873. The van der Waals surface area contributed by atoms with Crippen molar-refractivity contribution in [2.45, 2.75) is 12.5 Å². The molecule has 0 aromatic carbocycles. The van der Waals surface area contributed by atoms with Crippen molar-refractivity contribution in [1.82, 2.24) is 0 Å². The monoisotopic (exact) mass is 212 g/mol. The van der Waals surface area contributed by atoms with Crippen molar-refractivity contribution in [2.24, 2.45) is 5.16 Å². The van der Waals surface area contributed by atoms with E-state index in [2.05, 4.69) is 9.99 Å². The lowest BCUT2D eigenvalue weighted by molar-refractivity contribution is -0.123. The maximum absolute atomic E-state index is 11.6. The first-order chi connectivity index (χ1) is 7.13. The summed E-state index contributed by atoms with van der Waals surface area (Å²) in [5, 5.41) is 11.4. The molecule has 4 nitrogen and oxygen atoms in total. The smallest absolute Gasteiger partial charge is 0.276 e. The molecule has 0 aromatic heterocycles. The van der Waals surface area contributed by atoms with Gasteiger partial charge in [0.25, 0.3) is 6.43 Å². The predicted molar refractivity (Wildman–Crippen MR) is 47.2 cm³/mol. The Morgan fingerprint density at radius 1 is 1.67 bits per heavy atom. The molecule has 6 heteroatoms. The third-order valence-corrected chi connectivity index (χ3v) is 1.51. The van der Waals surface area contributed by atoms with Crippen LogP contribution in [0.5, 0.6) is 0 Å². The SMILES string of the molecule is N#CC1=CC(=O)C(ON=CC(F)F)C=C1. The molecule has 0 fully saturated rings. The van der Waals surface area contributed by atoms with Crippen LogP contribution in [0.3, 0.4) is 0 Å². The fraction of sp³-hybridized carbons (Fsp3) is 0.222. The zero-order chi connectivity index (χ0) is 11.3. The molecule has 0 aliphatic heterocycles. The second-order valence-corrected chi connectivity index (χ2v) is 2.59. The number of carbonyl (C=O) groups is 1. The van der Waals surface area contributed by atoms with Gasteiger partial charge in [-0.2, -0.15) is 5.26 Å². The normalized spacial score (nSPS) is 20.5. The van der Waals surface area contributed by atoms with Gasteiger partial charge >= 0.3 is 0 Å². The highest BCUT2D eigenvalue weighted by atomic mass is 19.3. The van der Waals surface area contributed by atoms with Gasteiger partial charge in [-0.1, -0.05) is 5.16 Å². The lowest BCUT2D eigenvalue weighted by Crippen LogP contribution is -2.20. The minimum Gasteiger partial charge on any atom is -0.380 e. The lowest BCUT2D eigenvalue weighted by Gasteiger charge is -2.09. The Balaban J connectivity index is 2.55. The molecule has 1 atom stereocenters. The molecule has 0 radical (unpaired) electrons. The summed E-state index contributed by atoms with van der Waals surface area (Å²) < 4.78 is 23.2. The lowest BCUT2D eigenvalue weighted by atomic mass is 10.1. The summed E-state index contributed by atoms with van der Waals surface area (Å²) in [6.07, 6.45) is 0.246. The van der Waals surface area contributed by atoms with Crippen LogP contribution in [0.4, 0.5) is 8.78 Å². The molecule has 78 valence electrons. The Labute approximate surface area is 84.1 Å². The number of halogens is 2. The van der Waals surface area contributed by atoms with Crippen molar-refractivity contribution in [3.8, 4) is 6.07 Å². The highest BCUT2D eigenvalue weighted by molar-refractivity contribution is 5.98. The maximum atomic E-state index is 11.6. The summed E-state index contributed by atoms with van der Waals surface area (Å²) in [6.45, 7) is 0. The van der Waals surface area contributed by atoms with Gasteiger partial charge in [0.05, 0.1) is 11.6 Å². The molecule has 0 heterocycles. The number of ketones is 1. The molecule has 0 aromatic rings. The molecule has 1 unspecified atom stereocenters. The Morgan fingerprint density at radius 2 is 2.40 bits per heavy atom. The Kier molecular flexibility index (Phi) is 3.68. The zero-order valence-electron chi connectivity index (χ0n) is 7.43. The molecule has 0 saturated carbocycles. The maximum Gasteiger partial charge on any atom is 0.276 e. The quantitative estimate of drug-likeness (QED) is 0.521. The minimum absolute atomic E-state index is 0.192. The van der Waals surface area contributed by atoms with Gasteiger partial charge in [-0.05, 0) is 12.2 Å². The molecule has 0 saturated heterocycles. The molecule has 1 aliphatic rings. The largest absolute Gasteiger partial charge is 0.380 e. The number of carbonyl (C=O) groups excluding carboxylic acids is 1. The molecular formula is C9H6F2N2O2. The number of hydrogen-bond donors (Lipinski definition) is 0. The summed E-state index contributed by atoms with van der Waals surface area (Å²) in [6, 6.07) is 1.77. The van der Waals surface area contributed by atoms with Crippen LogP contribution >= 0.6 is 0 Å². The van der Waals surface area contributed by atoms with Crippen molar-refractivity contribution in [3.63, 3.8) is 0 Å².